The summed E-state index contributed by atoms with van der Waals surface area (Å²) in [5, 5.41) is 0. The Kier molecular flexibility index (Phi) is 6.06. The smallest absolute Gasteiger partial charge is 0.268 e. The van der Waals surface area contributed by atoms with E-state index in [0.29, 0.717) is 35.0 Å². The molecule has 3 aromatic carbocycles. The van der Waals surface area contributed by atoms with Crippen LogP contribution in [0, 0.1) is 0 Å². The quantitative estimate of drug-likeness (QED) is 0.457. The fraction of sp³-hybridized carbons (Fsp3) is 0.250. The van der Waals surface area contributed by atoms with Gasteiger partial charge in [0.25, 0.3) is 10.0 Å². The first-order chi connectivity index (χ1) is 14.6. The summed E-state index contributed by atoms with van der Waals surface area (Å²) in [6.45, 7) is 3.24. The first kappa shape index (κ1) is 20.4. The Hall–Kier alpha value is -2.83. The van der Waals surface area contributed by atoms with E-state index in [0.717, 1.165) is 18.6 Å². The average molecular weight is 424 g/mol. The van der Waals surface area contributed by atoms with Gasteiger partial charge in [0.15, 0.2) is 0 Å². The third kappa shape index (κ3) is 4.50. The lowest BCUT2D eigenvalue weighted by molar-refractivity contribution is 0.262. The van der Waals surface area contributed by atoms with Gasteiger partial charge in [-0.1, -0.05) is 49.7 Å². The van der Waals surface area contributed by atoms with Crippen molar-refractivity contribution >= 4 is 21.4 Å². The molecule has 1 atom stereocenters. The van der Waals surface area contributed by atoms with E-state index in [-0.39, 0.29) is 6.10 Å². The van der Waals surface area contributed by atoms with Crippen LogP contribution < -0.4 is 9.04 Å². The lowest BCUT2D eigenvalue weighted by Gasteiger charge is -2.26. The predicted octanol–water partition coefficient (Wildman–Crippen LogP) is 4.94. The molecule has 0 N–H and O–H groups in total. The highest BCUT2D eigenvalue weighted by Crippen LogP contribution is 2.35. The van der Waals surface area contributed by atoms with Crippen LogP contribution in [0.5, 0.6) is 5.75 Å². The van der Waals surface area contributed by atoms with Crippen molar-refractivity contribution in [2.24, 2.45) is 0 Å². The number of para-hydroxylation sites is 2. The molecule has 1 unspecified atom stereocenters. The minimum atomic E-state index is -3.84. The van der Waals surface area contributed by atoms with Gasteiger partial charge in [-0.3, -0.25) is 0 Å². The molecule has 1 aliphatic rings. The molecule has 0 aliphatic carbocycles. The maximum absolute atomic E-state index is 13.9. The van der Waals surface area contributed by atoms with E-state index in [1.165, 1.54) is 4.31 Å². The molecule has 1 fully saturated rings. The van der Waals surface area contributed by atoms with E-state index in [2.05, 4.69) is 0 Å². The standard InChI is InChI=1S/C24H25NO4S/c1-2-9-19-16-22(28-17-23-18-29-23)14-15-24(19)30(26,27)25(20-10-5-3-6-11-20)21-12-7-4-8-13-21/h3-8,10-16,23H,2,9,17-18H2,1H3. The number of ether oxygens (including phenoxy) is 2. The van der Waals surface area contributed by atoms with E-state index < -0.39 is 10.0 Å². The number of benzene rings is 3. The summed E-state index contributed by atoms with van der Waals surface area (Å²) in [5.41, 5.74) is 1.94. The first-order valence-corrected chi connectivity index (χ1v) is 11.6. The Morgan fingerprint density at radius 3 is 2.10 bits per heavy atom. The third-order valence-electron chi connectivity index (χ3n) is 4.89. The summed E-state index contributed by atoms with van der Waals surface area (Å²) >= 11 is 0. The van der Waals surface area contributed by atoms with Crippen molar-refractivity contribution < 1.29 is 17.9 Å². The summed E-state index contributed by atoms with van der Waals surface area (Å²) in [6, 6.07) is 23.5. The van der Waals surface area contributed by atoms with Crippen molar-refractivity contribution in [1.82, 2.24) is 0 Å². The Morgan fingerprint density at radius 1 is 0.967 bits per heavy atom. The van der Waals surface area contributed by atoms with Gasteiger partial charge in [0.05, 0.1) is 22.9 Å². The van der Waals surface area contributed by atoms with Gasteiger partial charge in [0.2, 0.25) is 0 Å². The zero-order chi connectivity index (χ0) is 21.0. The molecule has 3 aromatic rings. The maximum atomic E-state index is 13.9. The van der Waals surface area contributed by atoms with Crippen molar-refractivity contribution in [2.75, 3.05) is 17.5 Å². The normalized spacial score (nSPS) is 15.6. The van der Waals surface area contributed by atoms with E-state index in [4.69, 9.17) is 9.47 Å². The highest BCUT2D eigenvalue weighted by molar-refractivity contribution is 7.93. The SMILES string of the molecule is CCCc1cc(OCC2CO2)ccc1S(=O)(=O)N(c1ccccc1)c1ccccc1. The van der Waals surface area contributed by atoms with Gasteiger partial charge in [-0.05, 0) is 54.4 Å². The van der Waals surface area contributed by atoms with Crippen LogP contribution in [-0.2, 0) is 21.2 Å². The van der Waals surface area contributed by atoms with Gasteiger partial charge in [-0.15, -0.1) is 0 Å². The van der Waals surface area contributed by atoms with Crippen molar-refractivity contribution in [1.29, 1.82) is 0 Å². The minimum absolute atomic E-state index is 0.148. The van der Waals surface area contributed by atoms with Crippen LogP contribution in [0.15, 0.2) is 83.8 Å². The van der Waals surface area contributed by atoms with Crippen molar-refractivity contribution in [2.45, 2.75) is 30.8 Å². The molecule has 30 heavy (non-hydrogen) atoms. The minimum Gasteiger partial charge on any atom is -0.491 e. The monoisotopic (exact) mass is 423 g/mol. The van der Waals surface area contributed by atoms with Gasteiger partial charge >= 0.3 is 0 Å². The number of hydrogen-bond acceptors (Lipinski definition) is 4. The molecular weight excluding hydrogens is 398 g/mol. The van der Waals surface area contributed by atoms with Gasteiger partial charge in [-0.2, -0.15) is 0 Å². The average Bonchev–Trinajstić information content (AvgIpc) is 3.59. The molecule has 0 radical (unpaired) electrons. The van der Waals surface area contributed by atoms with Crippen molar-refractivity contribution in [3.8, 4) is 5.75 Å². The Balaban J connectivity index is 1.77. The maximum Gasteiger partial charge on any atom is 0.268 e. The molecule has 0 spiro atoms. The summed E-state index contributed by atoms with van der Waals surface area (Å²) in [7, 11) is -3.84. The molecule has 6 heteroatoms. The number of epoxide rings is 1. The largest absolute Gasteiger partial charge is 0.491 e. The second-order valence-electron chi connectivity index (χ2n) is 7.23. The van der Waals surface area contributed by atoms with Crippen molar-refractivity contribution in [3.63, 3.8) is 0 Å². The van der Waals surface area contributed by atoms with Gasteiger partial charge < -0.3 is 9.47 Å². The van der Waals surface area contributed by atoms with E-state index >= 15 is 0 Å². The van der Waals surface area contributed by atoms with E-state index in [1.807, 2.05) is 49.4 Å². The van der Waals surface area contributed by atoms with Crippen LogP contribution in [-0.4, -0.2) is 27.7 Å². The van der Waals surface area contributed by atoms with Crippen LogP contribution >= 0.6 is 0 Å². The molecule has 1 heterocycles. The highest BCUT2D eigenvalue weighted by Gasteiger charge is 2.29. The van der Waals surface area contributed by atoms with Crippen molar-refractivity contribution in [3.05, 3.63) is 84.4 Å². The fourth-order valence-corrected chi connectivity index (χ4v) is 5.09. The highest BCUT2D eigenvalue weighted by atomic mass is 32.2. The number of sulfonamides is 1. The Morgan fingerprint density at radius 2 is 1.57 bits per heavy atom. The topological polar surface area (TPSA) is 59.1 Å². The Labute approximate surface area is 177 Å². The lowest BCUT2D eigenvalue weighted by Crippen LogP contribution is -2.27. The molecular formula is C24H25NO4S. The van der Waals surface area contributed by atoms with Crippen LogP contribution in [0.1, 0.15) is 18.9 Å². The van der Waals surface area contributed by atoms with Gasteiger partial charge in [0, 0.05) is 0 Å². The molecule has 0 amide bonds. The van der Waals surface area contributed by atoms with Crippen LogP contribution in [0.4, 0.5) is 11.4 Å². The molecule has 1 aliphatic heterocycles. The summed E-state index contributed by atoms with van der Waals surface area (Å²) < 4.78 is 40.1. The molecule has 0 bridgehead atoms. The zero-order valence-corrected chi connectivity index (χ0v) is 17.7. The number of nitrogens with zero attached hydrogens (tertiary/aromatic N) is 1. The lowest BCUT2D eigenvalue weighted by atomic mass is 10.1. The number of hydrogen-bond donors (Lipinski definition) is 0. The molecule has 1 saturated heterocycles. The second kappa shape index (κ2) is 8.90. The first-order valence-electron chi connectivity index (χ1n) is 10.1. The van der Waals surface area contributed by atoms with E-state index in [1.54, 1.807) is 36.4 Å². The number of rotatable bonds is 9. The summed E-state index contributed by atoms with van der Waals surface area (Å²) in [6.07, 6.45) is 1.62. The van der Waals surface area contributed by atoms with E-state index in [9.17, 15) is 8.42 Å². The zero-order valence-electron chi connectivity index (χ0n) is 16.9. The number of aryl methyl sites for hydroxylation is 1. The molecule has 0 saturated carbocycles. The third-order valence-corrected chi connectivity index (χ3v) is 6.75. The van der Waals surface area contributed by atoms with Crippen LogP contribution in [0.3, 0.4) is 0 Å². The van der Waals surface area contributed by atoms with Gasteiger partial charge in [-0.25, -0.2) is 12.7 Å². The molecule has 156 valence electrons. The van der Waals surface area contributed by atoms with Crippen LogP contribution in [0.2, 0.25) is 0 Å². The molecule has 0 aromatic heterocycles. The number of anilines is 2. The molecule has 4 rings (SSSR count). The molecule has 5 nitrogen and oxygen atoms in total. The second-order valence-corrected chi connectivity index (χ2v) is 8.98. The fourth-order valence-electron chi connectivity index (χ4n) is 3.37. The van der Waals surface area contributed by atoms with Crippen LogP contribution in [0.25, 0.3) is 0 Å². The summed E-state index contributed by atoms with van der Waals surface area (Å²) in [5.74, 6) is 0.666. The Bertz CT molecular complexity index is 1040. The van der Waals surface area contributed by atoms with Gasteiger partial charge in [0.1, 0.15) is 18.5 Å². The predicted molar refractivity (Wildman–Crippen MR) is 118 cm³/mol. The summed E-state index contributed by atoms with van der Waals surface area (Å²) in [4.78, 5) is 0.298.